The van der Waals surface area contributed by atoms with Crippen LogP contribution in [0.15, 0.2) is 59.5 Å². The van der Waals surface area contributed by atoms with Crippen molar-refractivity contribution in [1.82, 2.24) is 25.3 Å². The molecule has 1 unspecified atom stereocenters. The molecule has 0 saturated carbocycles. The second-order valence-corrected chi connectivity index (χ2v) is 15.8. The van der Waals surface area contributed by atoms with Gasteiger partial charge < -0.3 is 30.9 Å². The van der Waals surface area contributed by atoms with E-state index in [1.54, 1.807) is 39.8 Å². The number of phosphoric ester groups is 2. The van der Waals surface area contributed by atoms with Crippen molar-refractivity contribution in [2.24, 2.45) is 0 Å². The summed E-state index contributed by atoms with van der Waals surface area (Å²) in [5.41, 5.74) is 5.99. The van der Waals surface area contributed by atoms with Gasteiger partial charge in [0.25, 0.3) is 11.5 Å². The molecule has 23 nitrogen and oxygen atoms in total. The molecule has 0 bridgehead atoms. The predicted molar refractivity (Wildman–Crippen MR) is 219 cm³/mol. The molecule has 0 saturated heterocycles. The van der Waals surface area contributed by atoms with Gasteiger partial charge in [-0.15, -0.1) is 0 Å². The van der Waals surface area contributed by atoms with Gasteiger partial charge in [-0.05, 0) is 70.5 Å². The van der Waals surface area contributed by atoms with Gasteiger partial charge >= 0.3 is 33.6 Å². The van der Waals surface area contributed by atoms with Crippen molar-refractivity contribution in [2.75, 3.05) is 50.7 Å². The van der Waals surface area contributed by atoms with E-state index in [9.17, 15) is 38.2 Å². The first-order chi connectivity index (χ1) is 29.6. The van der Waals surface area contributed by atoms with E-state index in [1.165, 1.54) is 42.6 Å². The number of carboxylic acid groups (broad SMARTS) is 1. The molecular weight excluding hydrogens is 860 g/mol. The van der Waals surface area contributed by atoms with Crippen LogP contribution in [0.5, 0.6) is 5.75 Å². The number of nitrogens with zero attached hydrogens (tertiary/aromatic N) is 3. The Morgan fingerprint density at radius 2 is 1.50 bits per heavy atom. The number of benzene rings is 2. The minimum Gasteiger partial charge on any atom is -0.480 e. The van der Waals surface area contributed by atoms with Gasteiger partial charge in [0.05, 0.1) is 51.5 Å². The Morgan fingerprint density at radius 3 is 2.15 bits per heavy atom. The molecule has 6 N–H and O–H groups in total. The van der Waals surface area contributed by atoms with Gasteiger partial charge in [0, 0.05) is 17.7 Å². The van der Waals surface area contributed by atoms with Crippen LogP contribution in [0.2, 0.25) is 0 Å². The summed E-state index contributed by atoms with van der Waals surface area (Å²) in [6.45, 7) is 4.91. The topological polar surface area (TPSA) is 318 Å². The number of hydrogen-bond donors (Lipinski definition) is 5. The largest absolute Gasteiger partial charge is 0.480 e. The number of fused-ring (bicyclic) bond motifs is 1. The van der Waals surface area contributed by atoms with Gasteiger partial charge in [-0.25, -0.2) is 28.7 Å². The quantitative estimate of drug-likeness (QED) is 0.0331. The molecular formula is C37H47N7O16P2. The number of amides is 1. The highest BCUT2D eigenvalue weighted by atomic mass is 31.2. The van der Waals surface area contributed by atoms with Crippen LogP contribution < -0.4 is 26.7 Å². The fraction of sp³-hybridized carbons (Fsp3) is 0.405. The van der Waals surface area contributed by atoms with E-state index >= 15 is 0 Å². The molecule has 25 heteroatoms. The standard InChI is InChI=1S/C37H47N7O16P2/c1-5-54-61(51,55-6-2)58-22-26(60-62(52,56-7-3)57-8-4)21-53-36(50)27-11-9-10-12-29(27)59-30(45)18-17-28(35(48)49)42-33(46)23-13-15-24(16-14-23)39-19-25-20-40-32-31(41-25)34(47)44-37(38)43-32/h9-16,20,26,28,39H,5-8,17-19,21-22H2,1-4H3,(H,42,46)(H,48,49)(H3,38,40,43,44,47)/t26?,28-/m1/s1. The lowest BCUT2D eigenvalue weighted by Crippen LogP contribution is -2.41. The van der Waals surface area contributed by atoms with Crippen LogP contribution >= 0.6 is 15.6 Å². The predicted octanol–water partition coefficient (Wildman–Crippen LogP) is 4.40. The highest BCUT2D eigenvalue weighted by molar-refractivity contribution is 7.48. The van der Waals surface area contributed by atoms with Gasteiger partial charge in [-0.2, -0.15) is 4.98 Å². The van der Waals surface area contributed by atoms with Crippen molar-refractivity contribution >= 4 is 62.3 Å². The first-order valence-corrected chi connectivity index (χ1v) is 22.0. The van der Waals surface area contributed by atoms with Crippen molar-refractivity contribution in [3.63, 3.8) is 0 Å². The Kier molecular flexibility index (Phi) is 18.6. The molecule has 4 rings (SSSR count). The van der Waals surface area contributed by atoms with Crippen molar-refractivity contribution in [1.29, 1.82) is 0 Å². The summed E-state index contributed by atoms with van der Waals surface area (Å²) in [5.74, 6) is -4.44. The average Bonchev–Trinajstić information content (AvgIpc) is 3.23. The van der Waals surface area contributed by atoms with Crippen LogP contribution in [0.1, 0.15) is 66.9 Å². The van der Waals surface area contributed by atoms with E-state index < -0.39 is 76.8 Å². The van der Waals surface area contributed by atoms with Crippen LogP contribution in [-0.4, -0.2) is 101 Å². The van der Waals surface area contributed by atoms with E-state index in [1.807, 2.05) is 0 Å². The summed E-state index contributed by atoms with van der Waals surface area (Å²) in [4.78, 5) is 78.0. The Bertz CT molecular complexity index is 2310. The van der Waals surface area contributed by atoms with Crippen molar-refractivity contribution in [3.8, 4) is 5.75 Å². The first-order valence-electron chi connectivity index (χ1n) is 19.1. The highest BCUT2D eigenvalue weighted by Gasteiger charge is 2.35. The molecule has 0 aliphatic heterocycles. The Hall–Kier alpha value is -5.64. The summed E-state index contributed by atoms with van der Waals surface area (Å²) in [6.07, 6.45) is -0.840. The monoisotopic (exact) mass is 907 g/mol. The number of nitrogens with one attached hydrogen (secondary N) is 3. The van der Waals surface area contributed by atoms with Crippen molar-refractivity contribution in [2.45, 2.75) is 59.2 Å². The summed E-state index contributed by atoms with van der Waals surface area (Å²) in [6, 6.07) is 10.0. The lowest BCUT2D eigenvalue weighted by Gasteiger charge is -2.24. The number of rotatable bonds is 26. The minimum absolute atomic E-state index is 0.0141. The molecule has 336 valence electrons. The van der Waals surface area contributed by atoms with E-state index in [0.29, 0.717) is 11.4 Å². The van der Waals surface area contributed by atoms with Crippen LogP contribution in [0.25, 0.3) is 11.2 Å². The molecule has 4 aromatic rings. The number of aliphatic carboxylic acids is 1. The van der Waals surface area contributed by atoms with E-state index in [0.717, 1.165) is 0 Å². The van der Waals surface area contributed by atoms with Gasteiger partial charge in [-0.1, -0.05) is 12.1 Å². The fourth-order valence-electron chi connectivity index (χ4n) is 5.20. The van der Waals surface area contributed by atoms with E-state index in [4.69, 9.17) is 42.3 Å². The number of anilines is 2. The number of ether oxygens (including phenoxy) is 2. The average molecular weight is 908 g/mol. The molecule has 1 amide bonds. The molecule has 2 aromatic heterocycles. The fourth-order valence-corrected chi connectivity index (χ4v) is 7.72. The molecule has 2 aromatic carbocycles. The first kappa shape index (κ1) is 49.0. The van der Waals surface area contributed by atoms with Gasteiger partial charge in [0.15, 0.2) is 11.2 Å². The SMILES string of the molecule is CCOP(=O)(OCC)OCC(COC(=O)c1ccccc1OC(=O)CC[C@@H](NC(=O)c1ccc(NCc2cnc3nc(N)[nH]c(=O)c3n2)cc1)C(=O)O)OP(=O)(OCC)OCC. The summed E-state index contributed by atoms with van der Waals surface area (Å²) >= 11 is 0. The maximum absolute atomic E-state index is 13.3. The number of nitrogen functional groups attached to an aromatic ring is 1. The molecule has 0 aliphatic carbocycles. The van der Waals surface area contributed by atoms with Crippen molar-refractivity contribution in [3.05, 3.63) is 81.9 Å². The zero-order valence-corrected chi connectivity index (χ0v) is 35.9. The molecule has 2 atom stereocenters. The Labute approximate surface area is 354 Å². The maximum atomic E-state index is 13.3. The number of carbonyl (C=O) groups excluding carboxylic acids is 3. The zero-order valence-electron chi connectivity index (χ0n) is 34.1. The normalized spacial score (nSPS) is 12.6. The summed E-state index contributed by atoms with van der Waals surface area (Å²) in [7, 11) is -8.31. The lowest BCUT2D eigenvalue weighted by molar-refractivity contribution is -0.140. The maximum Gasteiger partial charge on any atom is 0.475 e. The zero-order chi connectivity index (χ0) is 45.3. The number of phosphoric acid groups is 2. The number of carbonyl (C=O) groups is 4. The summed E-state index contributed by atoms with van der Waals surface area (Å²) < 4.78 is 68.3. The van der Waals surface area contributed by atoms with Crippen LogP contribution in [0, 0.1) is 0 Å². The van der Waals surface area contributed by atoms with E-state index in [-0.39, 0.29) is 73.4 Å². The molecule has 0 spiro atoms. The molecule has 0 aliphatic rings. The number of H-pyrrole nitrogens is 1. The third-order valence-electron chi connectivity index (χ3n) is 7.92. The number of para-hydroxylation sites is 1. The second kappa shape index (κ2) is 23.5. The number of hydrogen-bond acceptors (Lipinski definition) is 20. The summed E-state index contributed by atoms with van der Waals surface area (Å²) in [5, 5.41) is 15.3. The smallest absolute Gasteiger partial charge is 0.475 e. The third-order valence-corrected chi connectivity index (χ3v) is 11.2. The minimum atomic E-state index is -4.22. The lowest BCUT2D eigenvalue weighted by atomic mass is 10.1. The number of nitrogens with two attached hydrogens (primary N) is 1. The van der Waals surface area contributed by atoms with Gasteiger partial charge in [0.2, 0.25) is 5.95 Å². The Balaban J connectivity index is 1.33. The van der Waals surface area contributed by atoms with Crippen LogP contribution in [-0.2, 0) is 57.1 Å². The third kappa shape index (κ3) is 14.8. The van der Waals surface area contributed by atoms with Crippen LogP contribution in [0.3, 0.4) is 0 Å². The second-order valence-electron chi connectivity index (χ2n) is 12.5. The highest BCUT2D eigenvalue weighted by Crippen LogP contribution is 2.52. The van der Waals surface area contributed by atoms with E-state index in [2.05, 4.69) is 30.6 Å². The molecule has 2 heterocycles. The Morgan fingerprint density at radius 1 is 0.855 bits per heavy atom. The van der Waals surface area contributed by atoms with Crippen LogP contribution in [0.4, 0.5) is 11.6 Å². The number of carboxylic acids is 1. The van der Waals surface area contributed by atoms with Gasteiger partial charge in [-0.3, -0.25) is 46.5 Å². The number of esters is 2. The number of aromatic amines is 1. The number of aromatic nitrogens is 4. The molecule has 0 radical (unpaired) electrons. The molecule has 0 fully saturated rings. The van der Waals surface area contributed by atoms with Gasteiger partial charge in [0.1, 0.15) is 30.1 Å². The molecule has 62 heavy (non-hydrogen) atoms. The van der Waals surface area contributed by atoms with Crippen molar-refractivity contribution < 1.29 is 70.0 Å².